The lowest BCUT2D eigenvalue weighted by Crippen LogP contribution is -2.45. The highest BCUT2D eigenvalue weighted by molar-refractivity contribution is 5.79. The largest absolute Gasteiger partial charge is 0.481 e. The van der Waals surface area contributed by atoms with Crippen molar-refractivity contribution in [2.75, 3.05) is 73.7 Å². The quantitative estimate of drug-likeness (QED) is 0.234. The Labute approximate surface area is 251 Å². The third-order valence-electron chi connectivity index (χ3n) is 8.94. The molecule has 2 fully saturated rings. The van der Waals surface area contributed by atoms with E-state index in [1.54, 1.807) is 0 Å². The molecule has 1 N–H and O–H groups in total. The molecule has 0 aromatic heterocycles. The second kappa shape index (κ2) is 14.6. The lowest BCUT2D eigenvalue weighted by Gasteiger charge is -2.30. The molecule has 3 heterocycles. The summed E-state index contributed by atoms with van der Waals surface area (Å²) in [4.78, 5) is 44.8. The number of aliphatic carboxylic acids is 1. The van der Waals surface area contributed by atoms with E-state index in [-0.39, 0.29) is 37.1 Å². The van der Waals surface area contributed by atoms with Gasteiger partial charge >= 0.3 is 5.97 Å². The number of hydrogen-bond acceptors (Lipinski definition) is 6. The zero-order valence-electron chi connectivity index (χ0n) is 26.1. The molecule has 10 heteroatoms. The predicted molar refractivity (Wildman–Crippen MR) is 160 cm³/mol. The van der Waals surface area contributed by atoms with E-state index in [1.807, 2.05) is 28.0 Å². The van der Waals surface area contributed by atoms with Crippen LogP contribution >= 0.6 is 0 Å². The van der Waals surface area contributed by atoms with Crippen LogP contribution in [0.3, 0.4) is 0 Å². The number of carboxylic acid groups (broad SMARTS) is 1. The highest BCUT2D eigenvalue weighted by Crippen LogP contribution is 2.43. The fourth-order valence-corrected chi connectivity index (χ4v) is 6.64. The molecule has 2 saturated heterocycles. The van der Waals surface area contributed by atoms with Crippen LogP contribution in [0.4, 0.5) is 0 Å². The van der Waals surface area contributed by atoms with Gasteiger partial charge in [-0.25, -0.2) is 0 Å². The first-order valence-electron chi connectivity index (χ1n) is 15.8. The minimum atomic E-state index is -0.849. The molecule has 234 valence electrons. The standard InChI is InChI=1S/C32H50N4O6/c1-5-6-15-34(16-7-8-19-36(2,3)4)30(38)22-35-21-25(24-13-14-27-28(20-24)42-23-41-27)31(32(39)40)26(35)11-9-17-33-18-10-12-29(33)37/h13-14,20,25-26,31H,5-12,15-19,21-23H2,1-4H3/p+1/t25-,26+,31?/m1/s1. The Morgan fingerprint density at radius 3 is 2.52 bits per heavy atom. The summed E-state index contributed by atoms with van der Waals surface area (Å²) in [5.74, 6) is -0.243. The van der Waals surface area contributed by atoms with Crippen molar-refractivity contribution in [2.24, 2.45) is 5.92 Å². The van der Waals surface area contributed by atoms with Gasteiger partial charge in [0.1, 0.15) is 0 Å². The van der Waals surface area contributed by atoms with Gasteiger partial charge in [-0.3, -0.25) is 19.3 Å². The molecule has 0 radical (unpaired) electrons. The fraction of sp³-hybridized carbons (Fsp3) is 0.719. The molecule has 42 heavy (non-hydrogen) atoms. The minimum Gasteiger partial charge on any atom is -0.481 e. The Hall–Kier alpha value is -2.85. The lowest BCUT2D eigenvalue weighted by molar-refractivity contribution is -0.870. The van der Waals surface area contributed by atoms with Crippen molar-refractivity contribution in [2.45, 2.75) is 70.3 Å². The van der Waals surface area contributed by atoms with Crippen LogP contribution in [-0.2, 0) is 14.4 Å². The van der Waals surface area contributed by atoms with E-state index in [2.05, 4.69) is 33.0 Å². The summed E-state index contributed by atoms with van der Waals surface area (Å²) in [6, 6.07) is 5.38. The number of likely N-dealkylation sites (tertiary alicyclic amines) is 2. The summed E-state index contributed by atoms with van der Waals surface area (Å²) in [6.07, 6.45) is 6.77. The van der Waals surface area contributed by atoms with Gasteiger partial charge in [0.2, 0.25) is 18.6 Å². The van der Waals surface area contributed by atoms with Crippen molar-refractivity contribution in [1.29, 1.82) is 0 Å². The summed E-state index contributed by atoms with van der Waals surface area (Å²) in [5, 5.41) is 10.5. The number of amides is 2. The van der Waals surface area contributed by atoms with E-state index in [9.17, 15) is 19.5 Å². The van der Waals surface area contributed by atoms with E-state index in [0.717, 1.165) is 68.3 Å². The molecule has 3 atom stereocenters. The van der Waals surface area contributed by atoms with Gasteiger partial charge in [-0.15, -0.1) is 0 Å². The summed E-state index contributed by atoms with van der Waals surface area (Å²) in [6.45, 7) is 6.89. The maximum Gasteiger partial charge on any atom is 0.308 e. The third kappa shape index (κ3) is 8.37. The third-order valence-corrected chi connectivity index (χ3v) is 8.94. The molecular weight excluding hydrogens is 536 g/mol. The van der Waals surface area contributed by atoms with Crippen LogP contribution in [0.5, 0.6) is 11.5 Å². The topological polar surface area (TPSA) is 99.6 Å². The van der Waals surface area contributed by atoms with E-state index < -0.39 is 11.9 Å². The summed E-state index contributed by atoms with van der Waals surface area (Å²) < 4.78 is 12.0. The van der Waals surface area contributed by atoms with E-state index in [1.165, 1.54) is 0 Å². The van der Waals surface area contributed by atoms with Gasteiger partial charge in [0, 0.05) is 51.1 Å². The fourth-order valence-electron chi connectivity index (χ4n) is 6.64. The summed E-state index contributed by atoms with van der Waals surface area (Å²) >= 11 is 0. The average Bonchev–Trinajstić information content (AvgIpc) is 3.66. The molecule has 2 amide bonds. The molecule has 1 aromatic rings. The van der Waals surface area contributed by atoms with Crippen LogP contribution in [0, 0.1) is 5.92 Å². The zero-order valence-corrected chi connectivity index (χ0v) is 26.1. The van der Waals surface area contributed by atoms with Gasteiger partial charge in [-0.05, 0) is 56.2 Å². The Kier molecular flexibility index (Phi) is 11.1. The molecule has 3 aliphatic heterocycles. The van der Waals surface area contributed by atoms with Crippen molar-refractivity contribution in [1.82, 2.24) is 14.7 Å². The normalized spacial score (nSPS) is 22.2. The van der Waals surface area contributed by atoms with Crippen molar-refractivity contribution in [3.05, 3.63) is 23.8 Å². The summed E-state index contributed by atoms with van der Waals surface area (Å²) in [5.41, 5.74) is 0.893. The van der Waals surface area contributed by atoms with Gasteiger partial charge in [-0.2, -0.15) is 0 Å². The predicted octanol–water partition coefficient (Wildman–Crippen LogP) is 3.40. The molecular formula is C32H51N4O6+. The molecule has 0 spiro atoms. The Morgan fingerprint density at radius 1 is 1.07 bits per heavy atom. The molecule has 1 aromatic carbocycles. The van der Waals surface area contributed by atoms with Gasteiger partial charge < -0.3 is 28.9 Å². The van der Waals surface area contributed by atoms with Crippen LogP contribution < -0.4 is 9.47 Å². The molecule has 4 rings (SSSR count). The molecule has 1 unspecified atom stereocenters. The first-order valence-corrected chi connectivity index (χ1v) is 15.8. The monoisotopic (exact) mass is 587 g/mol. The van der Waals surface area contributed by atoms with E-state index >= 15 is 0 Å². The van der Waals surface area contributed by atoms with Gasteiger partial charge in [0.15, 0.2) is 11.5 Å². The van der Waals surface area contributed by atoms with E-state index in [4.69, 9.17) is 9.47 Å². The lowest BCUT2D eigenvalue weighted by atomic mass is 9.83. The number of carbonyl (C=O) groups excluding carboxylic acids is 2. The smallest absolute Gasteiger partial charge is 0.308 e. The van der Waals surface area contributed by atoms with Crippen LogP contribution in [0.25, 0.3) is 0 Å². The van der Waals surface area contributed by atoms with Crippen molar-refractivity contribution in [3.63, 3.8) is 0 Å². The average molecular weight is 588 g/mol. The first-order chi connectivity index (χ1) is 20.1. The zero-order chi connectivity index (χ0) is 30.3. The summed E-state index contributed by atoms with van der Waals surface area (Å²) in [7, 11) is 6.55. The number of fused-ring (bicyclic) bond motifs is 1. The van der Waals surface area contributed by atoms with Crippen molar-refractivity contribution >= 4 is 17.8 Å². The van der Waals surface area contributed by atoms with Crippen molar-refractivity contribution < 1.29 is 33.4 Å². The number of quaternary nitrogens is 1. The second-order valence-electron chi connectivity index (χ2n) is 13.2. The minimum absolute atomic E-state index is 0.0731. The number of unbranched alkanes of at least 4 members (excludes halogenated alkanes) is 2. The SMILES string of the molecule is CCCCN(CCCC[N+](C)(C)C)C(=O)CN1C[C@H](c2ccc3c(c2)OCO3)C(C(=O)O)[C@@H]1CCCN1CCCC1=O. The molecule has 10 nitrogen and oxygen atoms in total. The van der Waals surface area contributed by atoms with E-state index in [0.29, 0.717) is 43.9 Å². The van der Waals surface area contributed by atoms with Gasteiger partial charge in [0.25, 0.3) is 0 Å². The maximum absolute atomic E-state index is 13.8. The van der Waals surface area contributed by atoms with Crippen LogP contribution in [-0.4, -0.2) is 122 Å². The Balaban J connectivity index is 1.50. The van der Waals surface area contributed by atoms with Crippen LogP contribution in [0.15, 0.2) is 18.2 Å². The number of carbonyl (C=O) groups is 3. The first kappa shape index (κ1) is 32.1. The highest BCUT2D eigenvalue weighted by Gasteiger charge is 2.47. The highest BCUT2D eigenvalue weighted by atomic mass is 16.7. The Bertz CT molecular complexity index is 1090. The van der Waals surface area contributed by atoms with Gasteiger partial charge in [-0.1, -0.05) is 19.4 Å². The molecule has 0 aliphatic carbocycles. The van der Waals surface area contributed by atoms with Crippen LogP contribution in [0.1, 0.15) is 69.8 Å². The number of rotatable bonds is 16. The maximum atomic E-state index is 13.8. The second-order valence-corrected chi connectivity index (χ2v) is 13.2. The number of hydrogen-bond donors (Lipinski definition) is 1. The molecule has 0 bridgehead atoms. The van der Waals surface area contributed by atoms with Crippen molar-refractivity contribution in [3.8, 4) is 11.5 Å². The molecule has 3 aliphatic rings. The van der Waals surface area contributed by atoms with Gasteiger partial charge in [0.05, 0.1) is 40.2 Å². The number of nitrogens with zero attached hydrogens (tertiary/aromatic N) is 4. The Morgan fingerprint density at radius 2 is 1.83 bits per heavy atom. The van der Waals surface area contributed by atoms with Crippen LogP contribution in [0.2, 0.25) is 0 Å². The number of benzene rings is 1. The number of carboxylic acids is 1. The molecule has 0 saturated carbocycles. The number of ether oxygens (including phenoxy) is 2.